The number of ether oxygens (including phenoxy) is 1. The third-order valence-electron chi connectivity index (χ3n) is 5.27. The number of carbonyl (C=O) groups is 1. The van der Waals surface area contributed by atoms with Crippen LogP contribution in [0.2, 0.25) is 5.02 Å². The number of amides is 1. The fourth-order valence-corrected chi connectivity index (χ4v) is 3.78. The minimum Gasteiger partial charge on any atom is -0.496 e. The highest BCUT2D eigenvalue weighted by atomic mass is 35.5. The number of hydrogen-bond donors (Lipinski definition) is 2. The van der Waals surface area contributed by atoms with Crippen LogP contribution in [-0.2, 0) is 6.54 Å². The van der Waals surface area contributed by atoms with Gasteiger partial charge in [-0.2, -0.15) is 0 Å². The number of likely N-dealkylation sites (tertiary alicyclic amines) is 1. The Bertz CT molecular complexity index is 850. The number of benzene rings is 1. The average Bonchev–Trinajstić information content (AvgIpc) is 3.28. The second kappa shape index (κ2) is 10.9. The fourth-order valence-electron chi connectivity index (χ4n) is 3.58. The molecule has 2 heterocycles. The number of aryl methyl sites for hydroxylation is 1. The normalized spacial score (nSPS) is 15.5. The second-order valence-corrected chi connectivity index (χ2v) is 7.64. The van der Waals surface area contributed by atoms with Gasteiger partial charge in [-0.3, -0.25) is 9.48 Å². The molecule has 3 rings (SSSR count). The molecule has 0 saturated carbocycles. The van der Waals surface area contributed by atoms with Gasteiger partial charge in [-0.05, 0) is 50.9 Å². The van der Waals surface area contributed by atoms with Crippen LogP contribution >= 0.6 is 11.6 Å². The van der Waals surface area contributed by atoms with E-state index in [1.54, 1.807) is 12.3 Å². The molecule has 30 heavy (non-hydrogen) atoms. The number of halogens is 1. The van der Waals surface area contributed by atoms with Gasteiger partial charge in [-0.15, -0.1) is 10.2 Å². The zero-order valence-electron chi connectivity index (χ0n) is 17.0. The first-order valence-corrected chi connectivity index (χ1v) is 10.3. The summed E-state index contributed by atoms with van der Waals surface area (Å²) in [7, 11) is 1.49. The molecule has 2 aromatic rings. The summed E-state index contributed by atoms with van der Waals surface area (Å²) in [6, 6.07) is 3.07. The van der Waals surface area contributed by atoms with E-state index in [1.807, 2.05) is 10.9 Å². The Kier molecular flexibility index (Phi) is 7.97. The van der Waals surface area contributed by atoms with E-state index in [9.17, 15) is 4.79 Å². The van der Waals surface area contributed by atoms with Crippen LogP contribution in [0.1, 0.15) is 29.6 Å². The smallest absolute Gasteiger partial charge is 0.255 e. The minimum absolute atomic E-state index is 0.222. The van der Waals surface area contributed by atoms with Crippen LogP contribution in [0.3, 0.4) is 0 Å². The number of methoxy groups -OCH3 is 1. The molecule has 1 aromatic heterocycles. The molecule has 0 spiro atoms. The third kappa shape index (κ3) is 5.90. The predicted octanol–water partition coefficient (Wildman–Crippen LogP) is 2.43. The van der Waals surface area contributed by atoms with Crippen LogP contribution in [0.25, 0.3) is 0 Å². The topological polar surface area (TPSA) is 123 Å². The van der Waals surface area contributed by atoms with Crippen molar-refractivity contribution in [3.05, 3.63) is 35.1 Å². The lowest BCUT2D eigenvalue weighted by molar-refractivity contribution is 0.0933. The number of nitrogens with zero attached hydrogens (tertiary/aromatic N) is 6. The van der Waals surface area contributed by atoms with Crippen LogP contribution in [0, 0.1) is 5.92 Å². The van der Waals surface area contributed by atoms with Crippen LogP contribution < -0.4 is 15.9 Å². The first kappa shape index (κ1) is 22.0. The van der Waals surface area contributed by atoms with Crippen molar-refractivity contribution in [2.75, 3.05) is 33.3 Å². The van der Waals surface area contributed by atoms with Crippen LogP contribution in [0.4, 0.5) is 5.69 Å². The van der Waals surface area contributed by atoms with Gasteiger partial charge < -0.3 is 20.8 Å². The lowest BCUT2D eigenvalue weighted by atomic mass is 9.96. The number of nitrogens with two attached hydrogens (primary N) is 1. The highest BCUT2D eigenvalue weighted by Gasteiger charge is 2.21. The van der Waals surface area contributed by atoms with Gasteiger partial charge in [0.1, 0.15) is 11.4 Å². The van der Waals surface area contributed by atoms with E-state index in [0.29, 0.717) is 29.5 Å². The highest BCUT2D eigenvalue weighted by molar-refractivity contribution is 6.33. The molecule has 1 fully saturated rings. The standard InChI is InChI=1S/C19H27ClN8O2/c1-30-18-12-17(24-25-21)16(20)11-15(18)19(29)22-13-14-3-8-27(9-4-14)6-2-7-28-10-5-23-26-28/h5,10-12,14H,2-4,6-9,13H2,1H3,(H2,21,24)(H,22,29). The molecular weight excluding hydrogens is 408 g/mol. The molecule has 0 unspecified atom stereocenters. The second-order valence-electron chi connectivity index (χ2n) is 7.23. The number of piperidine rings is 1. The van der Waals surface area contributed by atoms with Crippen molar-refractivity contribution < 1.29 is 9.53 Å². The summed E-state index contributed by atoms with van der Waals surface area (Å²) in [6.45, 7) is 4.61. The molecule has 0 bridgehead atoms. The molecule has 162 valence electrons. The van der Waals surface area contributed by atoms with Crippen molar-refractivity contribution in [2.45, 2.75) is 25.8 Å². The summed E-state index contributed by atoms with van der Waals surface area (Å²) < 4.78 is 7.16. The predicted molar refractivity (Wildman–Crippen MR) is 113 cm³/mol. The third-order valence-corrected chi connectivity index (χ3v) is 5.57. The summed E-state index contributed by atoms with van der Waals surface area (Å²) in [5, 5.41) is 18.0. The summed E-state index contributed by atoms with van der Waals surface area (Å²) in [4.78, 5) is 15.1. The molecule has 1 saturated heterocycles. The maximum atomic E-state index is 12.7. The Hall–Kier alpha value is -2.72. The minimum atomic E-state index is -0.222. The van der Waals surface area contributed by atoms with Gasteiger partial charge in [-0.1, -0.05) is 22.0 Å². The zero-order chi connectivity index (χ0) is 21.3. The van der Waals surface area contributed by atoms with E-state index in [4.69, 9.17) is 22.2 Å². The first-order chi connectivity index (χ1) is 14.6. The van der Waals surface area contributed by atoms with Gasteiger partial charge in [0.05, 0.1) is 23.9 Å². The monoisotopic (exact) mass is 434 g/mol. The SMILES string of the molecule is COc1cc(N=NN)c(Cl)cc1C(=O)NCC1CCN(CCCn2ccnn2)CC1. The number of aromatic nitrogens is 3. The Morgan fingerprint density at radius 3 is 2.83 bits per heavy atom. The average molecular weight is 435 g/mol. The molecule has 0 atom stereocenters. The van der Waals surface area contributed by atoms with E-state index in [2.05, 4.69) is 30.9 Å². The lowest BCUT2D eigenvalue weighted by Crippen LogP contribution is -2.39. The largest absolute Gasteiger partial charge is 0.496 e. The molecule has 1 aromatic carbocycles. The van der Waals surface area contributed by atoms with E-state index in [-0.39, 0.29) is 10.9 Å². The summed E-state index contributed by atoms with van der Waals surface area (Å²) in [6.07, 6.45) is 6.73. The first-order valence-electron chi connectivity index (χ1n) is 9.93. The van der Waals surface area contributed by atoms with E-state index >= 15 is 0 Å². The van der Waals surface area contributed by atoms with Crippen molar-refractivity contribution in [3.63, 3.8) is 0 Å². The van der Waals surface area contributed by atoms with Crippen LogP contribution in [0.5, 0.6) is 5.75 Å². The molecule has 10 nitrogen and oxygen atoms in total. The lowest BCUT2D eigenvalue weighted by Gasteiger charge is -2.32. The van der Waals surface area contributed by atoms with Crippen molar-refractivity contribution >= 4 is 23.2 Å². The Labute approximate surface area is 180 Å². The maximum absolute atomic E-state index is 12.7. The number of rotatable bonds is 9. The van der Waals surface area contributed by atoms with E-state index in [1.165, 1.54) is 13.2 Å². The molecular formula is C19H27ClN8O2. The van der Waals surface area contributed by atoms with Crippen LogP contribution in [0.15, 0.2) is 34.9 Å². The van der Waals surface area contributed by atoms with Gasteiger partial charge in [-0.25, -0.2) is 0 Å². The Balaban J connectivity index is 1.44. The van der Waals surface area contributed by atoms with Crippen molar-refractivity contribution in [1.82, 2.24) is 25.2 Å². The summed E-state index contributed by atoms with van der Waals surface area (Å²) >= 11 is 6.16. The van der Waals surface area contributed by atoms with E-state index < -0.39 is 0 Å². The molecule has 1 amide bonds. The molecule has 0 radical (unpaired) electrons. The molecule has 1 aliphatic heterocycles. The van der Waals surface area contributed by atoms with Crippen molar-refractivity contribution in [3.8, 4) is 5.75 Å². The van der Waals surface area contributed by atoms with Gasteiger partial charge >= 0.3 is 0 Å². The molecule has 1 aliphatic rings. The Morgan fingerprint density at radius 2 is 2.17 bits per heavy atom. The highest BCUT2D eigenvalue weighted by Crippen LogP contribution is 2.33. The van der Waals surface area contributed by atoms with Gasteiger partial charge in [0.15, 0.2) is 0 Å². The zero-order valence-corrected chi connectivity index (χ0v) is 17.8. The van der Waals surface area contributed by atoms with Gasteiger partial charge in [0.25, 0.3) is 5.91 Å². The van der Waals surface area contributed by atoms with Crippen molar-refractivity contribution in [2.24, 2.45) is 22.1 Å². The molecule has 11 heteroatoms. The summed E-state index contributed by atoms with van der Waals surface area (Å²) in [5.41, 5.74) is 0.716. The van der Waals surface area contributed by atoms with Crippen molar-refractivity contribution in [1.29, 1.82) is 0 Å². The quantitative estimate of drug-likeness (QED) is 0.355. The molecule has 0 aliphatic carbocycles. The number of nitrogens with one attached hydrogen (secondary N) is 1. The summed E-state index contributed by atoms with van der Waals surface area (Å²) in [5.74, 6) is 5.68. The number of carbonyl (C=O) groups excluding carboxylic acids is 1. The molecule has 3 N–H and O–H groups in total. The maximum Gasteiger partial charge on any atom is 0.255 e. The van der Waals surface area contributed by atoms with Crippen LogP contribution in [-0.4, -0.2) is 59.1 Å². The van der Waals surface area contributed by atoms with Gasteiger partial charge in [0.2, 0.25) is 0 Å². The Morgan fingerprint density at radius 1 is 1.37 bits per heavy atom. The fraction of sp³-hybridized carbons (Fsp3) is 0.526. The number of hydrogen-bond acceptors (Lipinski definition) is 7. The van der Waals surface area contributed by atoms with Gasteiger partial charge in [0, 0.05) is 25.4 Å². The van der Waals surface area contributed by atoms with E-state index in [0.717, 1.165) is 45.4 Å².